The number of allylic oxidation sites excluding steroid dienone is 2. The van der Waals surface area contributed by atoms with Crippen LogP contribution in [0, 0.1) is 24.2 Å². The Kier molecular flexibility index (Phi) is 8.41. The van der Waals surface area contributed by atoms with E-state index in [1.54, 1.807) is 0 Å². The second-order valence-electron chi connectivity index (χ2n) is 17.8. The monoisotopic (exact) mass is 935 g/mol. The van der Waals surface area contributed by atoms with Crippen LogP contribution in [0.15, 0.2) is 133 Å². The minimum absolute atomic E-state index is 0. The fourth-order valence-corrected chi connectivity index (χ4v) is 9.61. The first-order chi connectivity index (χ1) is 27.5. The van der Waals surface area contributed by atoms with E-state index in [9.17, 15) is 0 Å². The summed E-state index contributed by atoms with van der Waals surface area (Å²) in [5.41, 5.74) is 15.0. The molecule has 0 amide bonds. The fourth-order valence-electron chi connectivity index (χ4n) is 9.61. The van der Waals surface area contributed by atoms with Gasteiger partial charge in [-0.2, -0.15) is 18.8 Å². The first kappa shape index (κ1) is 36.8. The van der Waals surface area contributed by atoms with Crippen molar-refractivity contribution in [2.45, 2.75) is 58.9 Å². The third-order valence-corrected chi connectivity index (χ3v) is 12.2. The SMILES string of the molecule is CC(C)(C)C1=CC[N-]C(n2c3[c-]c(Oc4[c-]c(N5[CH-]N(C(C)(C)C)c6cc7c(cc65)C5c6ccccc6C7c6ccccc65)ccc4)ccc3c3ccccc32)=C1.[Pt+4]. The number of hydrogen-bond donors (Lipinski definition) is 0. The minimum atomic E-state index is -0.151. The Morgan fingerprint density at radius 3 is 1.93 bits per heavy atom. The smallest absolute Gasteiger partial charge is 0.509 e. The first-order valence-corrected chi connectivity index (χ1v) is 20.1. The van der Waals surface area contributed by atoms with Crippen LogP contribution in [0.5, 0.6) is 11.5 Å². The Hall–Kier alpha value is -5.51. The van der Waals surface area contributed by atoms with E-state index in [4.69, 9.17) is 10.1 Å². The van der Waals surface area contributed by atoms with Gasteiger partial charge in [0.2, 0.25) is 0 Å². The molecule has 3 heterocycles. The quantitative estimate of drug-likeness (QED) is 0.165. The average molecular weight is 936 g/mol. The molecule has 1 aromatic heterocycles. The Balaban J connectivity index is 0.00000408. The largest absolute Gasteiger partial charge is 4.00 e. The van der Waals surface area contributed by atoms with Crippen LogP contribution in [-0.2, 0) is 21.1 Å². The molecular formula is C52H44N4OPt. The number of benzene rings is 6. The predicted molar refractivity (Wildman–Crippen MR) is 234 cm³/mol. The van der Waals surface area contributed by atoms with Gasteiger partial charge in [0.15, 0.2) is 0 Å². The molecule has 12 rings (SSSR count). The molecule has 58 heavy (non-hydrogen) atoms. The van der Waals surface area contributed by atoms with Crippen LogP contribution in [0.4, 0.5) is 17.1 Å². The molecule has 7 aromatic rings. The van der Waals surface area contributed by atoms with Gasteiger partial charge in [0, 0.05) is 40.2 Å². The zero-order valence-electron chi connectivity index (χ0n) is 33.6. The van der Waals surface area contributed by atoms with Crippen LogP contribution in [0.2, 0.25) is 0 Å². The van der Waals surface area contributed by atoms with Crippen molar-refractivity contribution in [1.82, 2.24) is 4.57 Å². The van der Waals surface area contributed by atoms with E-state index < -0.39 is 0 Å². The molecule has 288 valence electrons. The summed E-state index contributed by atoms with van der Waals surface area (Å²) in [5.74, 6) is 2.60. The first-order valence-electron chi connectivity index (χ1n) is 20.1. The van der Waals surface area contributed by atoms with Gasteiger partial charge in [-0.25, -0.2) is 0 Å². The average Bonchev–Trinajstić information content (AvgIpc) is 3.75. The molecule has 0 N–H and O–H groups in total. The van der Waals surface area contributed by atoms with Gasteiger partial charge in [-0.3, -0.25) is 0 Å². The van der Waals surface area contributed by atoms with Crippen LogP contribution >= 0.6 is 0 Å². The van der Waals surface area contributed by atoms with Crippen LogP contribution < -0.4 is 14.5 Å². The summed E-state index contributed by atoms with van der Waals surface area (Å²) in [6.45, 7) is 16.5. The van der Waals surface area contributed by atoms with Crippen molar-refractivity contribution in [3.63, 3.8) is 0 Å². The molecule has 2 aliphatic heterocycles. The van der Waals surface area contributed by atoms with E-state index in [2.05, 4.69) is 190 Å². The van der Waals surface area contributed by atoms with Gasteiger partial charge in [-0.15, -0.1) is 46.9 Å². The molecule has 5 nitrogen and oxygen atoms in total. The topological polar surface area (TPSA) is 34.7 Å². The predicted octanol–water partition coefficient (Wildman–Crippen LogP) is 13.2. The summed E-state index contributed by atoms with van der Waals surface area (Å²) >= 11 is 0. The van der Waals surface area contributed by atoms with Crippen molar-refractivity contribution >= 4 is 44.7 Å². The van der Waals surface area contributed by atoms with Crippen molar-refractivity contribution < 1.29 is 25.8 Å². The van der Waals surface area contributed by atoms with Crippen LogP contribution in [0.25, 0.3) is 32.9 Å². The number of hydrogen-bond acceptors (Lipinski definition) is 3. The van der Waals surface area contributed by atoms with E-state index in [0.29, 0.717) is 18.0 Å². The maximum atomic E-state index is 6.65. The number of para-hydroxylation sites is 1. The number of anilines is 3. The molecule has 0 saturated carbocycles. The molecule has 6 heteroatoms. The number of rotatable bonds is 4. The molecule has 0 fully saturated rings. The van der Waals surface area contributed by atoms with Crippen molar-refractivity contribution in [1.29, 1.82) is 0 Å². The van der Waals surface area contributed by atoms with Gasteiger partial charge in [0.1, 0.15) is 0 Å². The standard InChI is InChI=1S/C52H44N4O.Pt/c1-51(2,3)32-24-25-53-48(26-32)56-44-21-12-11-16-36(44)37-23-22-35(28-45(37)56)57-34-15-13-14-33(27-34)54-31-55(52(4,5)6)47-30-43-42(29-46(47)54)49-38-17-7-9-19-40(38)50(43)41-20-10-8-18-39(41)49;/h7-24,26,29-31,49-50H,25H2,1-6H3;/q-4;+4. The minimum Gasteiger partial charge on any atom is -0.509 e. The van der Waals surface area contributed by atoms with Gasteiger partial charge in [0.05, 0.1) is 0 Å². The van der Waals surface area contributed by atoms with Gasteiger partial charge in [0.25, 0.3) is 0 Å². The fraction of sp³-hybridized carbons (Fsp3) is 0.212. The third kappa shape index (κ3) is 5.61. The van der Waals surface area contributed by atoms with Crippen molar-refractivity contribution in [2.24, 2.45) is 5.41 Å². The maximum Gasteiger partial charge on any atom is 4.00 e. The zero-order chi connectivity index (χ0) is 38.8. The summed E-state index contributed by atoms with van der Waals surface area (Å²) in [6.07, 6.45) is 4.45. The van der Waals surface area contributed by atoms with Gasteiger partial charge >= 0.3 is 21.1 Å². The van der Waals surface area contributed by atoms with Gasteiger partial charge in [-0.1, -0.05) is 117 Å². The summed E-state index contributed by atoms with van der Waals surface area (Å²) in [4.78, 5) is 4.70. The molecule has 6 aromatic carbocycles. The Bertz CT molecular complexity index is 2820. The summed E-state index contributed by atoms with van der Waals surface area (Å²) in [7, 11) is 0. The molecule has 0 unspecified atom stereocenters. The van der Waals surface area contributed by atoms with E-state index in [1.165, 1.54) is 50.0 Å². The van der Waals surface area contributed by atoms with E-state index in [1.807, 2.05) is 12.1 Å². The second-order valence-corrected chi connectivity index (χ2v) is 17.8. The maximum absolute atomic E-state index is 6.65. The molecule has 0 saturated heterocycles. The summed E-state index contributed by atoms with van der Waals surface area (Å²) in [5, 5.41) is 7.26. The Labute approximate surface area is 355 Å². The van der Waals surface area contributed by atoms with E-state index >= 15 is 0 Å². The third-order valence-electron chi connectivity index (χ3n) is 12.2. The van der Waals surface area contributed by atoms with Gasteiger partial charge < -0.3 is 24.4 Å². The van der Waals surface area contributed by atoms with Crippen LogP contribution in [0.1, 0.15) is 86.8 Å². The zero-order valence-corrected chi connectivity index (χ0v) is 35.8. The molecule has 5 aliphatic rings. The Morgan fingerprint density at radius 2 is 1.28 bits per heavy atom. The Morgan fingerprint density at radius 1 is 0.655 bits per heavy atom. The number of aromatic nitrogens is 1. The normalized spacial score (nSPS) is 17.8. The molecule has 0 radical (unpaired) electrons. The summed E-state index contributed by atoms with van der Waals surface area (Å²) in [6, 6.07) is 49.1. The van der Waals surface area contributed by atoms with Crippen LogP contribution in [0.3, 0.4) is 0 Å². The van der Waals surface area contributed by atoms with Gasteiger partial charge in [-0.05, 0) is 89.3 Å². The molecule has 0 spiro atoms. The number of nitrogens with zero attached hydrogens (tertiary/aromatic N) is 4. The van der Waals surface area contributed by atoms with E-state index in [-0.39, 0.29) is 43.9 Å². The van der Waals surface area contributed by atoms with Crippen molar-refractivity contribution in [2.75, 3.05) is 16.3 Å². The number of ether oxygens (including phenoxy) is 1. The van der Waals surface area contributed by atoms with Crippen LogP contribution in [-0.4, -0.2) is 16.7 Å². The molecule has 3 aliphatic carbocycles. The van der Waals surface area contributed by atoms with E-state index in [0.717, 1.165) is 33.6 Å². The van der Waals surface area contributed by atoms with Crippen molar-refractivity contribution in [3.8, 4) is 11.5 Å². The second kappa shape index (κ2) is 13.3. The molecular weight excluding hydrogens is 892 g/mol. The summed E-state index contributed by atoms with van der Waals surface area (Å²) < 4.78 is 8.89. The molecule has 2 bridgehead atoms. The number of fused-ring (bicyclic) bond motifs is 4. The molecule has 0 atom stereocenters. The van der Waals surface area contributed by atoms with Crippen molar-refractivity contribution in [3.05, 3.63) is 190 Å².